The molecule has 0 aliphatic carbocycles. The van der Waals surface area contributed by atoms with Gasteiger partial charge < -0.3 is 19.5 Å². The quantitative estimate of drug-likeness (QED) is 0.540. The summed E-state index contributed by atoms with van der Waals surface area (Å²) in [7, 11) is 0. The molecule has 0 aliphatic rings. The normalized spacial score (nSPS) is 11.2. The minimum atomic E-state index is -0.953. The molecule has 1 amide bonds. The molecule has 0 spiro atoms. The van der Waals surface area contributed by atoms with E-state index in [1.54, 1.807) is 48.5 Å². The summed E-state index contributed by atoms with van der Waals surface area (Å²) in [4.78, 5) is 24.1. The van der Waals surface area contributed by atoms with E-state index in [9.17, 15) is 9.59 Å². The van der Waals surface area contributed by atoms with Crippen molar-refractivity contribution in [1.82, 2.24) is 0 Å². The molecule has 3 rings (SSSR count). The largest absolute Gasteiger partial charge is 0.489 e. The van der Waals surface area contributed by atoms with Crippen molar-refractivity contribution < 1.29 is 23.8 Å². The van der Waals surface area contributed by atoms with E-state index in [0.29, 0.717) is 23.8 Å². The van der Waals surface area contributed by atoms with Gasteiger partial charge in [-0.3, -0.25) is 4.79 Å². The molecule has 0 aromatic heterocycles. The van der Waals surface area contributed by atoms with Gasteiger partial charge in [-0.2, -0.15) is 0 Å². The molecule has 0 bridgehead atoms. The number of esters is 1. The van der Waals surface area contributed by atoms with Gasteiger partial charge in [-0.15, -0.1) is 0 Å². The molecule has 30 heavy (non-hydrogen) atoms. The summed E-state index contributed by atoms with van der Waals surface area (Å²) in [6, 6.07) is 25.7. The Bertz CT molecular complexity index is 942. The third kappa shape index (κ3) is 6.67. The molecule has 1 atom stereocenters. The maximum absolute atomic E-state index is 12.3. The molecule has 6 heteroatoms. The van der Waals surface area contributed by atoms with Crippen LogP contribution in [0.25, 0.3) is 0 Å². The van der Waals surface area contributed by atoms with Crippen LogP contribution in [0.3, 0.4) is 0 Å². The highest BCUT2D eigenvalue weighted by atomic mass is 16.6. The Morgan fingerprint density at radius 1 is 0.800 bits per heavy atom. The van der Waals surface area contributed by atoms with Gasteiger partial charge in [-0.25, -0.2) is 4.79 Å². The van der Waals surface area contributed by atoms with Crippen molar-refractivity contribution in [3.63, 3.8) is 0 Å². The lowest BCUT2D eigenvalue weighted by molar-refractivity contribution is -0.155. The van der Waals surface area contributed by atoms with E-state index in [-0.39, 0.29) is 6.61 Å². The van der Waals surface area contributed by atoms with Crippen LogP contribution in [0.5, 0.6) is 11.5 Å². The summed E-state index contributed by atoms with van der Waals surface area (Å²) in [5.41, 5.74) is 1.65. The molecule has 3 aromatic carbocycles. The first-order valence-electron chi connectivity index (χ1n) is 9.55. The predicted molar refractivity (Wildman–Crippen MR) is 113 cm³/mol. The van der Waals surface area contributed by atoms with Crippen LogP contribution in [0, 0.1) is 0 Å². The van der Waals surface area contributed by atoms with E-state index in [0.717, 1.165) is 5.56 Å². The standard InChI is InChI=1S/C24H23NO5/c1-18(30-23(26)17-29-21-10-6-3-7-11-21)24(27)25-20-12-14-22(15-13-20)28-16-19-8-4-2-5-9-19/h2-15,18H,16-17H2,1H3,(H,25,27)/t18-/m1/s1. The van der Waals surface area contributed by atoms with Crippen LogP contribution < -0.4 is 14.8 Å². The summed E-state index contributed by atoms with van der Waals surface area (Å²) in [6.07, 6.45) is -0.953. The molecule has 1 N–H and O–H groups in total. The van der Waals surface area contributed by atoms with Crippen LogP contribution in [0.1, 0.15) is 12.5 Å². The summed E-state index contributed by atoms with van der Waals surface area (Å²) in [6.45, 7) is 1.70. The second-order valence-corrected chi connectivity index (χ2v) is 6.52. The Hall–Kier alpha value is -3.80. The first-order chi connectivity index (χ1) is 14.6. The average molecular weight is 405 g/mol. The number of para-hydroxylation sites is 1. The molecule has 0 heterocycles. The van der Waals surface area contributed by atoms with Crippen molar-refractivity contribution in [3.8, 4) is 11.5 Å². The fourth-order valence-corrected chi connectivity index (χ4v) is 2.56. The van der Waals surface area contributed by atoms with Crippen LogP contribution in [0.2, 0.25) is 0 Å². The van der Waals surface area contributed by atoms with Gasteiger partial charge in [0.25, 0.3) is 5.91 Å². The first kappa shape index (κ1) is 20.9. The molecule has 0 aliphatic heterocycles. The van der Waals surface area contributed by atoms with E-state index in [4.69, 9.17) is 14.2 Å². The van der Waals surface area contributed by atoms with Crippen LogP contribution in [0.4, 0.5) is 5.69 Å². The zero-order chi connectivity index (χ0) is 21.2. The van der Waals surface area contributed by atoms with Crippen molar-refractivity contribution in [3.05, 3.63) is 90.5 Å². The predicted octanol–water partition coefficient (Wildman–Crippen LogP) is 4.21. The summed E-state index contributed by atoms with van der Waals surface area (Å²) >= 11 is 0. The second-order valence-electron chi connectivity index (χ2n) is 6.52. The highest BCUT2D eigenvalue weighted by Gasteiger charge is 2.18. The molecule has 0 unspecified atom stereocenters. The van der Waals surface area contributed by atoms with Crippen LogP contribution in [-0.4, -0.2) is 24.6 Å². The van der Waals surface area contributed by atoms with Gasteiger partial charge in [0.05, 0.1) is 0 Å². The van der Waals surface area contributed by atoms with Gasteiger partial charge >= 0.3 is 5.97 Å². The summed E-state index contributed by atoms with van der Waals surface area (Å²) in [5, 5.41) is 2.71. The lowest BCUT2D eigenvalue weighted by Crippen LogP contribution is -2.31. The molecule has 6 nitrogen and oxygen atoms in total. The van der Waals surface area contributed by atoms with E-state index in [1.165, 1.54) is 6.92 Å². The van der Waals surface area contributed by atoms with Gasteiger partial charge in [0.2, 0.25) is 0 Å². The molecular weight excluding hydrogens is 382 g/mol. The maximum atomic E-state index is 12.3. The minimum absolute atomic E-state index is 0.269. The SMILES string of the molecule is C[C@@H](OC(=O)COc1ccccc1)C(=O)Nc1ccc(OCc2ccccc2)cc1. The third-order valence-electron chi connectivity index (χ3n) is 4.15. The third-order valence-corrected chi connectivity index (χ3v) is 4.15. The number of carbonyl (C=O) groups is 2. The number of benzene rings is 3. The zero-order valence-corrected chi connectivity index (χ0v) is 16.6. The highest BCUT2D eigenvalue weighted by Crippen LogP contribution is 2.17. The number of carbonyl (C=O) groups excluding carboxylic acids is 2. The average Bonchev–Trinajstić information content (AvgIpc) is 2.78. The van der Waals surface area contributed by atoms with Crippen molar-refractivity contribution in [2.75, 3.05) is 11.9 Å². The van der Waals surface area contributed by atoms with Gasteiger partial charge in [0, 0.05) is 5.69 Å². The Kier molecular flexibility index (Phi) is 7.44. The number of amides is 1. The van der Waals surface area contributed by atoms with Gasteiger partial charge in [-0.1, -0.05) is 48.5 Å². The van der Waals surface area contributed by atoms with E-state index in [1.807, 2.05) is 36.4 Å². The Balaban J connectivity index is 1.42. The second kappa shape index (κ2) is 10.7. The Morgan fingerprint density at radius 3 is 2.07 bits per heavy atom. The van der Waals surface area contributed by atoms with Crippen LogP contribution in [-0.2, 0) is 20.9 Å². The number of ether oxygens (including phenoxy) is 3. The topological polar surface area (TPSA) is 73.9 Å². The minimum Gasteiger partial charge on any atom is -0.489 e. The fourth-order valence-electron chi connectivity index (χ4n) is 2.56. The number of nitrogens with one attached hydrogen (secondary N) is 1. The van der Waals surface area contributed by atoms with Crippen LogP contribution in [0.15, 0.2) is 84.9 Å². The summed E-state index contributed by atoms with van der Waals surface area (Å²) < 4.78 is 16.2. The lowest BCUT2D eigenvalue weighted by Gasteiger charge is -2.14. The number of hydrogen-bond donors (Lipinski definition) is 1. The first-order valence-corrected chi connectivity index (χ1v) is 9.55. The van der Waals surface area contributed by atoms with E-state index < -0.39 is 18.0 Å². The molecule has 3 aromatic rings. The summed E-state index contributed by atoms with van der Waals surface area (Å²) in [5.74, 6) is 0.197. The van der Waals surface area contributed by atoms with Crippen molar-refractivity contribution in [2.45, 2.75) is 19.6 Å². The molecule has 154 valence electrons. The molecule has 0 saturated heterocycles. The highest BCUT2D eigenvalue weighted by molar-refractivity contribution is 5.95. The van der Waals surface area contributed by atoms with Gasteiger partial charge in [0.1, 0.15) is 18.1 Å². The van der Waals surface area contributed by atoms with Gasteiger partial charge in [0.15, 0.2) is 12.7 Å². The molecule has 0 fully saturated rings. The van der Waals surface area contributed by atoms with E-state index >= 15 is 0 Å². The Morgan fingerprint density at radius 2 is 1.40 bits per heavy atom. The van der Waals surface area contributed by atoms with Crippen molar-refractivity contribution >= 4 is 17.6 Å². The molecule has 0 radical (unpaired) electrons. The fraction of sp³-hybridized carbons (Fsp3) is 0.167. The monoisotopic (exact) mass is 405 g/mol. The number of hydrogen-bond acceptors (Lipinski definition) is 5. The zero-order valence-electron chi connectivity index (χ0n) is 16.6. The van der Waals surface area contributed by atoms with Gasteiger partial charge in [-0.05, 0) is 48.9 Å². The molecular formula is C24H23NO5. The smallest absolute Gasteiger partial charge is 0.344 e. The Labute approximate surface area is 175 Å². The van der Waals surface area contributed by atoms with Crippen molar-refractivity contribution in [1.29, 1.82) is 0 Å². The molecule has 0 saturated carbocycles. The number of anilines is 1. The maximum Gasteiger partial charge on any atom is 0.344 e. The van der Waals surface area contributed by atoms with Crippen LogP contribution >= 0.6 is 0 Å². The number of rotatable bonds is 9. The van der Waals surface area contributed by atoms with Crippen molar-refractivity contribution in [2.24, 2.45) is 0 Å². The lowest BCUT2D eigenvalue weighted by atomic mass is 10.2. The van der Waals surface area contributed by atoms with E-state index in [2.05, 4.69) is 5.32 Å².